The molecule has 3 atom stereocenters. The smallest absolute Gasteiger partial charge is 0.0937 e. The highest BCUT2D eigenvalue weighted by Gasteiger charge is 2.42. The van der Waals surface area contributed by atoms with Gasteiger partial charge in [0, 0.05) is 6.04 Å². The van der Waals surface area contributed by atoms with E-state index in [0.29, 0.717) is 11.8 Å². The Morgan fingerprint density at radius 2 is 2.58 bits per heavy atom. The van der Waals surface area contributed by atoms with Gasteiger partial charge in [-0.15, -0.1) is 0 Å². The van der Waals surface area contributed by atoms with E-state index in [-0.39, 0.29) is 6.04 Å². The minimum Gasteiger partial charge on any atom is -0.472 e. The third kappa shape index (κ3) is 1.26. The largest absolute Gasteiger partial charge is 0.472 e. The Hall–Kier alpha value is -0.800. The van der Waals surface area contributed by atoms with Gasteiger partial charge in [0.1, 0.15) is 0 Å². The monoisotopic (exact) mass is 167 g/mol. The number of hydrogen-bond donors (Lipinski definition) is 2. The first-order valence-corrected chi connectivity index (χ1v) is 4.24. The Kier molecular flexibility index (Phi) is 1.90. The van der Waals surface area contributed by atoms with Crippen molar-refractivity contribution >= 4 is 0 Å². The lowest BCUT2D eigenvalue weighted by Crippen LogP contribution is -2.24. The molecule has 0 saturated heterocycles. The van der Waals surface area contributed by atoms with Gasteiger partial charge in [0.15, 0.2) is 0 Å². The molecule has 3 heteroatoms. The fourth-order valence-electron chi connectivity index (χ4n) is 1.73. The van der Waals surface area contributed by atoms with Crippen LogP contribution in [0.1, 0.15) is 24.8 Å². The van der Waals surface area contributed by atoms with Crippen molar-refractivity contribution in [3.63, 3.8) is 0 Å². The standard InChI is InChI=1S/C9H13NO2/c1-6(10-11)8-4-9(8)7-2-3-12-5-7/h2-3,5-6,8-11H,4H2,1H3/t6?,8-,9-/m0/s1. The maximum Gasteiger partial charge on any atom is 0.0937 e. The van der Waals surface area contributed by atoms with E-state index >= 15 is 0 Å². The highest BCUT2D eigenvalue weighted by Crippen LogP contribution is 2.49. The second-order valence-corrected chi connectivity index (χ2v) is 3.48. The van der Waals surface area contributed by atoms with Crippen LogP contribution in [0.25, 0.3) is 0 Å². The molecule has 2 N–H and O–H groups in total. The first-order valence-electron chi connectivity index (χ1n) is 4.24. The molecule has 0 radical (unpaired) electrons. The van der Waals surface area contributed by atoms with Crippen LogP contribution in [-0.2, 0) is 0 Å². The van der Waals surface area contributed by atoms with E-state index in [1.54, 1.807) is 12.5 Å². The van der Waals surface area contributed by atoms with Crippen LogP contribution in [0.3, 0.4) is 0 Å². The molecule has 0 amide bonds. The summed E-state index contributed by atoms with van der Waals surface area (Å²) >= 11 is 0. The molecule has 1 fully saturated rings. The summed E-state index contributed by atoms with van der Waals surface area (Å²) in [6.45, 7) is 1.99. The summed E-state index contributed by atoms with van der Waals surface area (Å²) < 4.78 is 4.99. The zero-order valence-corrected chi connectivity index (χ0v) is 7.03. The quantitative estimate of drug-likeness (QED) is 0.674. The molecule has 1 heterocycles. The Bertz CT molecular complexity index is 245. The Balaban J connectivity index is 1.96. The summed E-state index contributed by atoms with van der Waals surface area (Å²) in [5.74, 6) is 1.14. The summed E-state index contributed by atoms with van der Waals surface area (Å²) in [6.07, 6.45) is 4.63. The molecule has 1 aliphatic carbocycles. The van der Waals surface area contributed by atoms with Gasteiger partial charge in [-0.05, 0) is 36.8 Å². The summed E-state index contributed by atoms with van der Waals surface area (Å²) in [5.41, 5.74) is 3.54. The molecule has 0 aromatic carbocycles. The molecule has 0 aliphatic heterocycles. The summed E-state index contributed by atoms with van der Waals surface area (Å²) in [4.78, 5) is 0. The molecule has 0 bridgehead atoms. The lowest BCUT2D eigenvalue weighted by molar-refractivity contribution is 0.123. The minimum atomic E-state index is 0.185. The number of rotatable bonds is 3. The van der Waals surface area contributed by atoms with Gasteiger partial charge in [-0.2, -0.15) is 0 Å². The molecule has 1 aromatic rings. The van der Waals surface area contributed by atoms with Gasteiger partial charge in [0.2, 0.25) is 0 Å². The van der Waals surface area contributed by atoms with Crippen LogP contribution in [0.2, 0.25) is 0 Å². The molecule has 1 aromatic heterocycles. The summed E-state index contributed by atoms with van der Waals surface area (Å²) in [7, 11) is 0. The molecule has 3 nitrogen and oxygen atoms in total. The Labute approximate surface area is 71.3 Å². The average Bonchev–Trinajstić information content (AvgIpc) is 2.71. The topological polar surface area (TPSA) is 45.4 Å². The average molecular weight is 167 g/mol. The first-order chi connectivity index (χ1) is 5.83. The predicted octanol–water partition coefficient (Wildman–Crippen LogP) is 1.75. The van der Waals surface area contributed by atoms with Gasteiger partial charge < -0.3 is 9.62 Å². The van der Waals surface area contributed by atoms with Crippen LogP contribution < -0.4 is 5.48 Å². The second-order valence-electron chi connectivity index (χ2n) is 3.48. The van der Waals surface area contributed by atoms with Gasteiger partial charge in [0.05, 0.1) is 12.5 Å². The minimum absolute atomic E-state index is 0.185. The first kappa shape index (κ1) is 7.83. The third-order valence-corrected chi connectivity index (χ3v) is 2.66. The maximum atomic E-state index is 8.69. The molecule has 1 aliphatic rings. The zero-order chi connectivity index (χ0) is 8.55. The number of furan rings is 1. The molecule has 66 valence electrons. The molecule has 1 unspecified atom stereocenters. The summed E-state index contributed by atoms with van der Waals surface area (Å²) in [6, 6.07) is 2.18. The van der Waals surface area contributed by atoms with Gasteiger partial charge in [0.25, 0.3) is 0 Å². The van der Waals surface area contributed by atoms with E-state index in [0.717, 1.165) is 6.42 Å². The number of hydrogen-bond acceptors (Lipinski definition) is 3. The van der Waals surface area contributed by atoms with Crippen molar-refractivity contribution < 1.29 is 9.62 Å². The van der Waals surface area contributed by atoms with Crippen LogP contribution in [0.4, 0.5) is 0 Å². The van der Waals surface area contributed by atoms with Crippen molar-refractivity contribution in [1.82, 2.24) is 5.48 Å². The van der Waals surface area contributed by atoms with Crippen LogP contribution in [0, 0.1) is 5.92 Å². The third-order valence-electron chi connectivity index (χ3n) is 2.66. The van der Waals surface area contributed by atoms with E-state index in [2.05, 4.69) is 5.48 Å². The fraction of sp³-hybridized carbons (Fsp3) is 0.556. The molecule has 0 spiro atoms. The van der Waals surface area contributed by atoms with Crippen molar-refractivity contribution in [2.45, 2.75) is 25.3 Å². The number of nitrogens with one attached hydrogen (secondary N) is 1. The summed E-state index contributed by atoms with van der Waals surface area (Å²) in [5, 5.41) is 8.69. The highest BCUT2D eigenvalue weighted by molar-refractivity contribution is 5.22. The van der Waals surface area contributed by atoms with E-state index < -0.39 is 0 Å². The van der Waals surface area contributed by atoms with Crippen molar-refractivity contribution in [1.29, 1.82) is 0 Å². The lowest BCUT2D eigenvalue weighted by atomic mass is 10.1. The molecular weight excluding hydrogens is 154 g/mol. The van der Waals surface area contributed by atoms with Crippen molar-refractivity contribution in [3.05, 3.63) is 24.2 Å². The highest BCUT2D eigenvalue weighted by atomic mass is 16.5. The molecular formula is C9H13NO2. The van der Waals surface area contributed by atoms with E-state index in [1.165, 1.54) is 5.56 Å². The Morgan fingerprint density at radius 1 is 1.75 bits per heavy atom. The Morgan fingerprint density at radius 3 is 3.17 bits per heavy atom. The van der Waals surface area contributed by atoms with Crippen molar-refractivity contribution in [2.24, 2.45) is 5.92 Å². The van der Waals surface area contributed by atoms with E-state index in [4.69, 9.17) is 9.62 Å². The second kappa shape index (κ2) is 2.92. The van der Waals surface area contributed by atoms with E-state index in [9.17, 15) is 0 Å². The van der Waals surface area contributed by atoms with Crippen LogP contribution >= 0.6 is 0 Å². The fourth-order valence-corrected chi connectivity index (χ4v) is 1.73. The van der Waals surface area contributed by atoms with Gasteiger partial charge >= 0.3 is 0 Å². The van der Waals surface area contributed by atoms with Gasteiger partial charge in [-0.25, -0.2) is 5.48 Å². The van der Waals surface area contributed by atoms with Gasteiger partial charge in [-0.3, -0.25) is 0 Å². The molecule has 1 saturated carbocycles. The van der Waals surface area contributed by atoms with Crippen molar-refractivity contribution in [2.75, 3.05) is 0 Å². The lowest BCUT2D eigenvalue weighted by Gasteiger charge is -2.06. The molecule has 12 heavy (non-hydrogen) atoms. The zero-order valence-electron chi connectivity index (χ0n) is 7.03. The van der Waals surface area contributed by atoms with E-state index in [1.807, 2.05) is 13.0 Å². The predicted molar refractivity (Wildman–Crippen MR) is 43.9 cm³/mol. The molecule has 2 rings (SSSR count). The SMILES string of the molecule is CC(NO)[C@@H]1C[C@H]1c1ccoc1. The van der Waals surface area contributed by atoms with Crippen LogP contribution in [-0.4, -0.2) is 11.2 Å². The number of hydroxylamine groups is 1. The maximum absolute atomic E-state index is 8.69. The normalized spacial score (nSPS) is 30.2. The van der Waals surface area contributed by atoms with Crippen LogP contribution in [0.5, 0.6) is 0 Å². The van der Waals surface area contributed by atoms with Gasteiger partial charge in [-0.1, -0.05) is 0 Å². The van der Waals surface area contributed by atoms with Crippen LogP contribution in [0.15, 0.2) is 23.0 Å². The van der Waals surface area contributed by atoms with Crippen molar-refractivity contribution in [3.8, 4) is 0 Å².